The van der Waals surface area contributed by atoms with Gasteiger partial charge < -0.3 is 15.0 Å². The Labute approximate surface area is 156 Å². The summed E-state index contributed by atoms with van der Waals surface area (Å²) in [7, 11) is 0. The molecule has 2 heterocycles. The molecule has 0 aliphatic carbocycles. The molecule has 2 unspecified atom stereocenters. The van der Waals surface area contributed by atoms with Crippen molar-refractivity contribution in [2.24, 2.45) is 0 Å². The first kappa shape index (κ1) is 16.7. The largest absolute Gasteiger partial charge is 0.376 e. The molecule has 0 spiro atoms. The number of halogens is 2. The first-order chi connectivity index (χ1) is 12.1. The molecule has 4 nitrogen and oxygen atoms in total. The molecule has 2 aliphatic rings. The SMILES string of the molecule is O=C1c2ccccc2NC(c2cccc(Cl)c2Cl)N1CC1CCCO1. The number of carbonyl (C=O) groups is 1. The maximum atomic E-state index is 13.1. The van der Waals surface area contributed by atoms with E-state index in [-0.39, 0.29) is 18.2 Å². The number of rotatable bonds is 3. The van der Waals surface area contributed by atoms with Gasteiger partial charge in [-0.15, -0.1) is 0 Å². The van der Waals surface area contributed by atoms with Gasteiger partial charge in [-0.3, -0.25) is 4.79 Å². The van der Waals surface area contributed by atoms with E-state index in [1.807, 2.05) is 36.4 Å². The molecule has 0 bridgehead atoms. The Balaban J connectivity index is 1.75. The van der Waals surface area contributed by atoms with Crippen molar-refractivity contribution in [1.82, 2.24) is 4.90 Å². The van der Waals surface area contributed by atoms with Crippen molar-refractivity contribution in [2.45, 2.75) is 25.1 Å². The highest BCUT2D eigenvalue weighted by Crippen LogP contribution is 2.38. The zero-order valence-corrected chi connectivity index (χ0v) is 15.1. The van der Waals surface area contributed by atoms with Crippen LogP contribution in [0.15, 0.2) is 42.5 Å². The van der Waals surface area contributed by atoms with Crippen LogP contribution in [-0.4, -0.2) is 30.1 Å². The van der Waals surface area contributed by atoms with Gasteiger partial charge in [0.1, 0.15) is 6.17 Å². The number of ether oxygens (including phenoxy) is 1. The number of para-hydroxylation sites is 1. The fraction of sp³-hybridized carbons (Fsp3) is 0.316. The summed E-state index contributed by atoms with van der Waals surface area (Å²) in [6, 6.07) is 13.0. The number of nitrogens with zero attached hydrogens (tertiary/aromatic N) is 1. The third-order valence-electron chi connectivity index (χ3n) is 4.72. The van der Waals surface area contributed by atoms with Gasteiger partial charge in [-0.2, -0.15) is 0 Å². The van der Waals surface area contributed by atoms with Crippen LogP contribution in [0.2, 0.25) is 10.0 Å². The monoisotopic (exact) mass is 376 g/mol. The van der Waals surface area contributed by atoms with E-state index in [2.05, 4.69) is 5.32 Å². The lowest BCUT2D eigenvalue weighted by Crippen LogP contribution is -2.46. The van der Waals surface area contributed by atoms with Crippen molar-refractivity contribution in [2.75, 3.05) is 18.5 Å². The van der Waals surface area contributed by atoms with Gasteiger partial charge >= 0.3 is 0 Å². The molecular formula is C19H18Cl2N2O2. The molecule has 2 atom stereocenters. The van der Waals surface area contributed by atoms with E-state index >= 15 is 0 Å². The summed E-state index contributed by atoms with van der Waals surface area (Å²) in [5.41, 5.74) is 2.25. The number of amides is 1. The molecule has 1 N–H and O–H groups in total. The van der Waals surface area contributed by atoms with Gasteiger partial charge in [-0.1, -0.05) is 47.5 Å². The molecule has 1 amide bonds. The summed E-state index contributed by atoms with van der Waals surface area (Å²) in [6.45, 7) is 1.27. The molecule has 4 rings (SSSR count). The minimum Gasteiger partial charge on any atom is -0.376 e. The number of carbonyl (C=O) groups excluding carboxylic acids is 1. The topological polar surface area (TPSA) is 41.6 Å². The number of hydrogen-bond donors (Lipinski definition) is 1. The van der Waals surface area contributed by atoms with Crippen LogP contribution in [0.1, 0.15) is 34.9 Å². The molecule has 1 fully saturated rings. The minimum atomic E-state index is -0.377. The van der Waals surface area contributed by atoms with Crippen LogP contribution in [-0.2, 0) is 4.74 Å². The number of hydrogen-bond acceptors (Lipinski definition) is 3. The average Bonchev–Trinajstić information content (AvgIpc) is 3.13. The molecule has 6 heteroatoms. The van der Waals surface area contributed by atoms with Crippen LogP contribution in [0, 0.1) is 0 Å². The standard InChI is InChI=1S/C19H18Cl2N2O2/c20-15-8-3-7-14(17(15)21)18-22-16-9-2-1-6-13(16)19(24)23(18)11-12-5-4-10-25-12/h1-3,6-9,12,18,22H,4-5,10-11H2. The summed E-state index contributed by atoms with van der Waals surface area (Å²) in [5.74, 6) is -0.0223. The Bertz CT molecular complexity index is 806. The van der Waals surface area contributed by atoms with Crippen LogP contribution in [0.4, 0.5) is 5.69 Å². The maximum absolute atomic E-state index is 13.1. The summed E-state index contributed by atoms with van der Waals surface area (Å²) >= 11 is 12.6. The van der Waals surface area contributed by atoms with Crippen molar-refractivity contribution in [3.63, 3.8) is 0 Å². The zero-order chi connectivity index (χ0) is 17.4. The number of anilines is 1. The Morgan fingerprint density at radius 2 is 2.00 bits per heavy atom. The lowest BCUT2D eigenvalue weighted by atomic mass is 10.0. The van der Waals surface area contributed by atoms with Crippen LogP contribution < -0.4 is 5.32 Å². The Kier molecular flexibility index (Phi) is 4.59. The quantitative estimate of drug-likeness (QED) is 0.840. The summed E-state index contributed by atoms with van der Waals surface area (Å²) in [5, 5.41) is 4.38. The highest BCUT2D eigenvalue weighted by Gasteiger charge is 2.36. The van der Waals surface area contributed by atoms with Crippen LogP contribution >= 0.6 is 23.2 Å². The van der Waals surface area contributed by atoms with Crippen molar-refractivity contribution >= 4 is 34.8 Å². The molecule has 130 valence electrons. The third-order valence-corrected chi connectivity index (χ3v) is 5.56. The van der Waals surface area contributed by atoms with Crippen molar-refractivity contribution in [3.8, 4) is 0 Å². The lowest BCUT2D eigenvalue weighted by Gasteiger charge is -2.39. The highest BCUT2D eigenvalue weighted by molar-refractivity contribution is 6.42. The predicted molar refractivity (Wildman–Crippen MR) is 99.3 cm³/mol. The van der Waals surface area contributed by atoms with E-state index in [9.17, 15) is 4.79 Å². The van der Waals surface area contributed by atoms with Gasteiger partial charge in [0.05, 0.1) is 21.7 Å². The van der Waals surface area contributed by atoms with E-state index in [0.29, 0.717) is 22.2 Å². The highest BCUT2D eigenvalue weighted by atomic mass is 35.5. The normalized spacial score (nSPS) is 22.6. The average molecular weight is 377 g/mol. The number of benzene rings is 2. The van der Waals surface area contributed by atoms with E-state index in [0.717, 1.165) is 30.7 Å². The minimum absolute atomic E-state index is 0.0223. The van der Waals surface area contributed by atoms with Crippen molar-refractivity contribution in [1.29, 1.82) is 0 Å². The molecule has 2 aromatic carbocycles. The molecule has 1 saturated heterocycles. The molecule has 0 aromatic heterocycles. The first-order valence-electron chi connectivity index (χ1n) is 8.37. The molecule has 2 aromatic rings. The van der Waals surface area contributed by atoms with Crippen LogP contribution in [0.5, 0.6) is 0 Å². The second kappa shape index (κ2) is 6.87. The predicted octanol–water partition coefficient (Wildman–Crippen LogP) is 4.74. The van der Waals surface area contributed by atoms with E-state index in [4.69, 9.17) is 27.9 Å². The number of nitrogens with one attached hydrogen (secondary N) is 1. The smallest absolute Gasteiger partial charge is 0.257 e. The van der Waals surface area contributed by atoms with E-state index in [1.54, 1.807) is 11.0 Å². The third kappa shape index (κ3) is 3.10. The molecule has 0 radical (unpaired) electrons. The zero-order valence-electron chi connectivity index (χ0n) is 13.5. The van der Waals surface area contributed by atoms with Crippen molar-refractivity contribution in [3.05, 3.63) is 63.6 Å². The van der Waals surface area contributed by atoms with E-state index < -0.39 is 0 Å². The molecular weight excluding hydrogens is 359 g/mol. The Morgan fingerprint density at radius 1 is 1.16 bits per heavy atom. The second-order valence-corrected chi connectivity index (χ2v) is 7.11. The first-order valence-corrected chi connectivity index (χ1v) is 9.13. The molecule has 0 saturated carbocycles. The fourth-order valence-corrected chi connectivity index (χ4v) is 3.88. The Hall–Kier alpha value is -1.75. The van der Waals surface area contributed by atoms with Gasteiger partial charge in [0.15, 0.2) is 0 Å². The maximum Gasteiger partial charge on any atom is 0.257 e. The molecule has 2 aliphatic heterocycles. The molecule has 25 heavy (non-hydrogen) atoms. The van der Waals surface area contributed by atoms with Crippen LogP contribution in [0.3, 0.4) is 0 Å². The van der Waals surface area contributed by atoms with Gasteiger partial charge in [-0.25, -0.2) is 0 Å². The van der Waals surface area contributed by atoms with Gasteiger partial charge in [-0.05, 0) is 31.0 Å². The Morgan fingerprint density at radius 3 is 2.80 bits per heavy atom. The van der Waals surface area contributed by atoms with Crippen molar-refractivity contribution < 1.29 is 9.53 Å². The second-order valence-electron chi connectivity index (χ2n) is 6.33. The summed E-state index contributed by atoms with van der Waals surface area (Å²) in [6.07, 6.45) is 1.66. The van der Waals surface area contributed by atoms with Crippen LogP contribution in [0.25, 0.3) is 0 Å². The van der Waals surface area contributed by atoms with Gasteiger partial charge in [0.25, 0.3) is 5.91 Å². The van der Waals surface area contributed by atoms with E-state index in [1.165, 1.54) is 0 Å². The lowest BCUT2D eigenvalue weighted by molar-refractivity contribution is 0.0427. The summed E-state index contributed by atoms with van der Waals surface area (Å²) in [4.78, 5) is 14.9. The number of fused-ring (bicyclic) bond motifs is 1. The fourth-order valence-electron chi connectivity index (χ4n) is 3.47. The summed E-state index contributed by atoms with van der Waals surface area (Å²) < 4.78 is 5.75. The van der Waals surface area contributed by atoms with Gasteiger partial charge in [0, 0.05) is 24.4 Å². The van der Waals surface area contributed by atoms with Gasteiger partial charge in [0.2, 0.25) is 0 Å².